The lowest BCUT2D eigenvalue weighted by atomic mass is 10.2. The van der Waals surface area contributed by atoms with Gasteiger partial charge >= 0.3 is 0 Å². The summed E-state index contributed by atoms with van der Waals surface area (Å²) in [7, 11) is 0. The zero-order chi connectivity index (χ0) is 9.36. The van der Waals surface area contributed by atoms with Crippen LogP contribution in [-0.4, -0.2) is 19.8 Å². The van der Waals surface area contributed by atoms with Crippen LogP contribution in [0.25, 0.3) is 0 Å². The molecule has 13 heavy (non-hydrogen) atoms. The fourth-order valence-electron chi connectivity index (χ4n) is 0.866. The fraction of sp³-hybridized carbons (Fsp3) is 0.273. The summed E-state index contributed by atoms with van der Waals surface area (Å²) in [6.45, 7) is 1.57. The molecule has 0 aliphatic heterocycles. The molecule has 0 aromatic heterocycles. The number of ether oxygens (including phenoxy) is 1. The van der Waals surface area contributed by atoms with Crippen molar-refractivity contribution in [2.24, 2.45) is 5.73 Å². The average Bonchev–Trinajstić information content (AvgIpc) is 2.19. The van der Waals surface area contributed by atoms with Gasteiger partial charge < -0.3 is 10.5 Å². The number of nitrogens with two attached hydrogens (primary N) is 1. The van der Waals surface area contributed by atoms with E-state index in [-0.39, 0.29) is 0 Å². The van der Waals surface area contributed by atoms with Gasteiger partial charge in [-0.3, -0.25) is 0 Å². The van der Waals surface area contributed by atoms with Gasteiger partial charge in [0.15, 0.2) is 0 Å². The summed E-state index contributed by atoms with van der Waals surface area (Å²) in [5, 5.41) is 0. The minimum Gasteiger partial charge on any atom is -0.367 e. The van der Waals surface area contributed by atoms with Crippen LogP contribution in [0.3, 0.4) is 0 Å². The van der Waals surface area contributed by atoms with Gasteiger partial charge in [-0.05, 0) is 12.1 Å². The molecule has 2 nitrogen and oxygen atoms in total. The molecular formula is C11H13NO. The van der Waals surface area contributed by atoms with Gasteiger partial charge in [-0.25, -0.2) is 0 Å². The van der Waals surface area contributed by atoms with E-state index in [0.717, 1.165) is 5.56 Å². The van der Waals surface area contributed by atoms with Crippen LogP contribution in [0, 0.1) is 11.8 Å². The molecule has 1 aromatic rings. The first-order chi connectivity index (χ1) is 6.43. The van der Waals surface area contributed by atoms with Crippen molar-refractivity contribution in [3.05, 3.63) is 35.9 Å². The molecule has 0 saturated heterocycles. The summed E-state index contributed by atoms with van der Waals surface area (Å²) >= 11 is 0. The first-order valence-corrected chi connectivity index (χ1v) is 4.25. The quantitative estimate of drug-likeness (QED) is 0.549. The highest BCUT2D eigenvalue weighted by atomic mass is 16.5. The van der Waals surface area contributed by atoms with Crippen molar-refractivity contribution in [2.45, 2.75) is 0 Å². The second-order valence-electron chi connectivity index (χ2n) is 2.51. The molecule has 0 aliphatic carbocycles. The van der Waals surface area contributed by atoms with E-state index in [9.17, 15) is 0 Å². The lowest BCUT2D eigenvalue weighted by Gasteiger charge is -1.93. The van der Waals surface area contributed by atoms with Gasteiger partial charge in [0.2, 0.25) is 0 Å². The SMILES string of the molecule is NCCOCC#Cc1ccccc1. The van der Waals surface area contributed by atoms with Gasteiger partial charge in [0, 0.05) is 12.1 Å². The van der Waals surface area contributed by atoms with Gasteiger partial charge in [-0.15, -0.1) is 0 Å². The molecule has 0 atom stereocenters. The maximum Gasteiger partial charge on any atom is 0.108 e. The predicted octanol–water partition coefficient (Wildman–Crippen LogP) is 1.01. The third-order valence-corrected chi connectivity index (χ3v) is 1.44. The molecular weight excluding hydrogens is 162 g/mol. The number of hydrogen-bond donors (Lipinski definition) is 1. The third-order valence-electron chi connectivity index (χ3n) is 1.44. The van der Waals surface area contributed by atoms with Crippen LogP contribution in [0.4, 0.5) is 0 Å². The Morgan fingerprint density at radius 1 is 1.23 bits per heavy atom. The Labute approximate surface area is 78.7 Å². The van der Waals surface area contributed by atoms with Crippen LogP contribution < -0.4 is 5.73 Å². The van der Waals surface area contributed by atoms with Crippen molar-refractivity contribution in [2.75, 3.05) is 19.8 Å². The lowest BCUT2D eigenvalue weighted by molar-refractivity contribution is 0.175. The Morgan fingerprint density at radius 2 is 2.00 bits per heavy atom. The highest BCUT2D eigenvalue weighted by Gasteiger charge is 1.81. The first kappa shape index (κ1) is 9.79. The predicted molar refractivity (Wildman–Crippen MR) is 53.2 cm³/mol. The largest absolute Gasteiger partial charge is 0.367 e. The standard InChI is InChI=1S/C11H13NO/c12-8-10-13-9-4-7-11-5-2-1-3-6-11/h1-3,5-6H,8-10,12H2. The summed E-state index contributed by atoms with van der Waals surface area (Å²) in [6.07, 6.45) is 0. The molecule has 0 fully saturated rings. The van der Waals surface area contributed by atoms with Gasteiger partial charge in [0.1, 0.15) is 6.61 Å². The maximum absolute atomic E-state index is 5.25. The van der Waals surface area contributed by atoms with E-state index in [0.29, 0.717) is 19.8 Å². The molecule has 2 heteroatoms. The van der Waals surface area contributed by atoms with E-state index < -0.39 is 0 Å². The van der Waals surface area contributed by atoms with Crippen LogP contribution in [0.15, 0.2) is 30.3 Å². The second kappa shape index (κ2) is 6.24. The van der Waals surface area contributed by atoms with Crippen molar-refractivity contribution >= 4 is 0 Å². The van der Waals surface area contributed by atoms with E-state index in [4.69, 9.17) is 10.5 Å². The van der Waals surface area contributed by atoms with Gasteiger partial charge in [-0.1, -0.05) is 30.0 Å². The van der Waals surface area contributed by atoms with E-state index in [1.807, 2.05) is 30.3 Å². The van der Waals surface area contributed by atoms with E-state index in [1.54, 1.807) is 0 Å². The maximum atomic E-state index is 5.25. The van der Waals surface area contributed by atoms with Crippen molar-refractivity contribution in [1.29, 1.82) is 0 Å². The van der Waals surface area contributed by atoms with Crippen molar-refractivity contribution in [1.82, 2.24) is 0 Å². The Bertz CT molecular complexity index is 284. The zero-order valence-corrected chi connectivity index (χ0v) is 7.49. The van der Waals surface area contributed by atoms with Crippen LogP contribution in [0.1, 0.15) is 5.56 Å². The van der Waals surface area contributed by atoms with E-state index in [2.05, 4.69) is 11.8 Å². The normalized spacial score (nSPS) is 9.00. The fourth-order valence-corrected chi connectivity index (χ4v) is 0.866. The second-order valence-corrected chi connectivity index (χ2v) is 2.51. The smallest absolute Gasteiger partial charge is 0.108 e. The number of rotatable bonds is 3. The Hall–Kier alpha value is -1.30. The minimum absolute atomic E-state index is 0.450. The van der Waals surface area contributed by atoms with Crippen molar-refractivity contribution in [3.63, 3.8) is 0 Å². The molecule has 0 saturated carbocycles. The van der Waals surface area contributed by atoms with Crippen LogP contribution in [0.2, 0.25) is 0 Å². The third kappa shape index (κ3) is 4.32. The monoisotopic (exact) mass is 175 g/mol. The van der Waals surface area contributed by atoms with Crippen LogP contribution >= 0.6 is 0 Å². The molecule has 0 spiro atoms. The summed E-state index contributed by atoms with van der Waals surface area (Å²) in [4.78, 5) is 0. The molecule has 2 N–H and O–H groups in total. The molecule has 0 heterocycles. The molecule has 0 amide bonds. The highest BCUT2D eigenvalue weighted by molar-refractivity contribution is 5.33. The summed E-state index contributed by atoms with van der Waals surface area (Å²) in [5.41, 5.74) is 6.26. The lowest BCUT2D eigenvalue weighted by Crippen LogP contribution is -2.08. The Balaban J connectivity index is 2.31. The van der Waals surface area contributed by atoms with Crippen LogP contribution in [0.5, 0.6) is 0 Å². The Morgan fingerprint density at radius 3 is 2.69 bits per heavy atom. The molecule has 1 aromatic carbocycles. The van der Waals surface area contributed by atoms with Crippen LogP contribution in [-0.2, 0) is 4.74 Å². The molecule has 0 bridgehead atoms. The van der Waals surface area contributed by atoms with Crippen molar-refractivity contribution < 1.29 is 4.74 Å². The summed E-state index contributed by atoms with van der Waals surface area (Å²) < 4.78 is 5.11. The van der Waals surface area contributed by atoms with Gasteiger partial charge in [0.05, 0.1) is 6.61 Å². The van der Waals surface area contributed by atoms with Gasteiger partial charge in [-0.2, -0.15) is 0 Å². The zero-order valence-electron chi connectivity index (χ0n) is 7.49. The van der Waals surface area contributed by atoms with E-state index >= 15 is 0 Å². The van der Waals surface area contributed by atoms with Gasteiger partial charge in [0.25, 0.3) is 0 Å². The van der Waals surface area contributed by atoms with Crippen molar-refractivity contribution in [3.8, 4) is 11.8 Å². The first-order valence-electron chi connectivity index (χ1n) is 4.25. The topological polar surface area (TPSA) is 35.2 Å². The molecule has 0 radical (unpaired) electrons. The van der Waals surface area contributed by atoms with E-state index in [1.165, 1.54) is 0 Å². The highest BCUT2D eigenvalue weighted by Crippen LogP contribution is 1.94. The number of hydrogen-bond acceptors (Lipinski definition) is 2. The molecule has 0 aliphatic rings. The summed E-state index contributed by atoms with van der Waals surface area (Å²) in [6, 6.07) is 9.83. The average molecular weight is 175 g/mol. The molecule has 1 rings (SSSR count). The number of benzene rings is 1. The summed E-state index contributed by atoms with van der Waals surface area (Å²) in [5.74, 6) is 5.90. The Kier molecular flexibility index (Phi) is 4.70. The minimum atomic E-state index is 0.450. The molecule has 68 valence electrons. The molecule has 0 unspecified atom stereocenters.